The quantitative estimate of drug-likeness (QED) is 0.572. The maximum absolute atomic E-state index is 13.3. The fraction of sp³-hybridized carbons (Fsp3) is 0.500. The zero-order chi connectivity index (χ0) is 25.0. The smallest absolute Gasteiger partial charge is 0.251 e. The second kappa shape index (κ2) is 14.1. The van der Waals surface area contributed by atoms with Gasteiger partial charge in [0.1, 0.15) is 5.75 Å². The lowest BCUT2D eigenvalue weighted by Crippen LogP contribution is -2.38. The van der Waals surface area contributed by atoms with E-state index in [2.05, 4.69) is 29.4 Å². The number of fused-ring (bicyclic) bond motifs is 1. The first kappa shape index (κ1) is 27.0. The van der Waals surface area contributed by atoms with Crippen LogP contribution in [-0.4, -0.2) is 49.5 Å². The zero-order valence-corrected chi connectivity index (χ0v) is 21.7. The van der Waals surface area contributed by atoms with Gasteiger partial charge in [-0.3, -0.25) is 14.5 Å². The molecule has 0 spiro atoms. The van der Waals surface area contributed by atoms with Crippen LogP contribution in [0.15, 0.2) is 42.5 Å². The number of ether oxygens (including phenoxy) is 1. The van der Waals surface area contributed by atoms with E-state index in [1.807, 2.05) is 42.5 Å². The van der Waals surface area contributed by atoms with Gasteiger partial charge in [-0.05, 0) is 68.3 Å². The van der Waals surface area contributed by atoms with Crippen molar-refractivity contribution in [1.29, 1.82) is 0 Å². The van der Waals surface area contributed by atoms with Gasteiger partial charge in [0, 0.05) is 35.8 Å². The number of benzene rings is 2. The maximum atomic E-state index is 13.3. The third-order valence-electron chi connectivity index (χ3n) is 6.19. The molecule has 0 atom stereocenters. The highest BCUT2D eigenvalue weighted by Crippen LogP contribution is 2.26. The summed E-state index contributed by atoms with van der Waals surface area (Å²) in [5.74, 6) is 1.12. The Kier molecular flexibility index (Phi) is 10.9. The van der Waals surface area contributed by atoms with E-state index in [1.165, 1.54) is 0 Å². The van der Waals surface area contributed by atoms with Crippen LogP contribution in [0.5, 0.6) is 5.75 Å². The van der Waals surface area contributed by atoms with E-state index >= 15 is 0 Å². The minimum Gasteiger partial charge on any atom is -0.493 e. The molecule has 35 heavy (non-hydrogen) atoms. The molecule has 0 bridgehead atoms. The fourth-order valence-corrected chi connectivity index (χ4v) is 4.37. The number of hydrogen-bond donors (Lipinski definition) is 2. The predicted octanol–water partition coefficient (Wildman–Crippen LogP) is 4.84. The number of halogens is 1. The van der Waals surface area contributed by atoms with Gasteiger partial charge in [-0.1, -0.05) is 49.7 Å². The van der Waals surface area contributed by atoms with Crippen molar-refractivity contribution in [2.24, 2.45) is 5.92 Å². The molecule has 0 radical (unpaired) electrons. The first-order valence-electron chi connectivity index (χ1n) is 12.7. The Morgan fingerprint density at radius 1 is 1.11 bits per heavy atom. The van der Waals surface area contributed by atoms with Gasteiger partial charge in [0.25, 0.3) is 5.91 Å². The van der Waals surface area contributed by atoms with E-state index in [-0.39, 0.29) is 11.8 Å². The Bertz CT molecular complexity index is 980. The summed E-state index contributed by atoms with van der Waals surface area (Å²) in [6.45, 7) is 7.65. The summed E-state index contributed by atoms with van der Waals surface area (Å²) in [5.41, 5.74) is 2.42. The summed E-state index contributed by atoms with van der Waals surface area (Å²) in [6, 6.07) is 13.3. The average molecular weight is 500 g/mol. The minimum absolute atomic E-state index is 0.0251. The third-order valence-corrected chi connectivity index (χ3v) is 6.56. The van der Waals surface area contributed by atoms with Crippen LogP contribution in [0.4, 0.5) is 0 Å². The molecule has 1 aliphatic heterocycles. The highest BCUT2D eigenvalue weighted by Gasteiger charge is 2.21. The first-order valence-corrected chi connectivity index (χ1v) is 13.1. The van der Waals surface area contributed by atoms with Gasteiger partial charge in [0.05, 0.1) is 13.2 Å². The van der Waals surface area contributed by atoms with Gasteiger partial charge >= 0.3 is 0 Å². The monoisotopic (exact) mass is 499 g/mol. The van der Waals surface area contributed by atoms with E-state index in [9.17, 15) is 9.59 Å². The molecule has 2 amide bonds. The summed E-state index contributed by atoms with van der Waals surface area (Å²) in [7, 11) is 0. The van der Waals surface area contributed by atoms with Crippen LogP contribution in [0.2, 0.25) is 5.02 Å². The minimum atomic E-state index is -0.143. The molecule has 1 aliphatic rings. The standard InChI is InChI=1S/C28H38ClN3O3/c1-21(2)14-17-32-19-24-23(28(34)31-16-13-22-9-4-5-11-25(22)29)10-8-12-26(24)35-18-7-3-6-15-30-27(33)20-32/h4-5,8-12,21H,3,6-7,13-20H2,1-2H3,(H,30,33)(H,31,34). The second-order valence-corrected chi connectivity index (χ2v) is 9.94. The zero-order valence-electron chi connectivity index (χ0n) is 20.9. The molecule has 1 heterocycles. The number of carbonyl (C=O) groups excluding carboxylic acids is 2. The Hall–Kier alpha value is -2.57. The summed E-state index contributed by atoms with van der Waals surface area (Å²) in [6.07, 6.45) is 4.44. The number of nitrogens with one attached hydrogen (secondary N) is 2. The van der Waals surface area contributed by atoms with Crippen molar-refractivity contribution in [2.75, 3.05) is 32.8 Å². The molecule has 2 aromatic rings. The fourth-order valence-electron chi connectivity index (χ4n) is 4.13. The number of hydrogen-bond acceptors (Lipinski definition) is 4. The van der Waals surface area contributed by atoms with Crippen LogP contribution in [0.25, 0.3) is 0 Å². The molecular weight excluding hydrogens is 462 g/mol. The van der Waals surface area contributed by atoms with E-state index in [1.54, 1.807) is 0 Å². The van der Waals surface area contributed by atoms with Gasteiger partial charge in [-0.2, -0.15) is 0 Å². The maximum Gasteiger partial charge on any atom is 0.251 e. The number of nitrogens with zero attached hydrogens (tertiary/aromatic N) is 1. The SMILES string of the molecule is CC(C)CCN1CC(=O)NCCCCCOc2cccc(C(=O)NCCc3ccccc3Cl)c2C1. The highest BCUT2D eigenvalue weighted by molar-refractivity contribution is 6.31. The third kappa shape index (κ3) is 8.86. The molecule has 0 unspecified atom stereocenters. The number of rotatable bonds is 7. The molecule has 0 saturated heterocycles. The summed E-state index contributed by atoms with van der Waals surface area (Å²) >= 11 is 6.26. The van der Waals surface area contributed by atoms with Crippen molar-refractivity contribution in [3.63, 3.8) is 0 Å². The van der Waals surface area contributed by atoms with Gasteiger partial charge in [-0.25, -0.2) is 0 Å². The lowest BCUT2D eigenvalue weighted by atomic mass is 10.0. The summed E-state index contributed by atoms with van der Waals surface area (Å²) in [5, 5.41) is 6.78. The lowest BCUT2D eigenvalue weighted by Gasteiger charge is -2.25. The molecule has 0 aromatic heterocycles. The van der Waals surface area contributed by atoms with Crippen LogP contribution >= 0.6 is 11.6 Å². The van der Waals surface area contributed by atoms with Crippen LogP contribution < -0.4 is 15.4 Å². The molecule has 190 valence electrons. The average Bonchev–Trinajstić information content (AvgIpc) is 2.84. The van der Waals surface area contributed by atoms with Crippen LogP contribution in [0, 0.1) is 5.92 Å². The van der Waals surface area contributed by atoms with Crippen LogP contribution in [-0.2, 0) is 17.8 Å². The predicted molar refractivity (Wildman–Crippen MR) is 141 cm³/mol. The second-order valence-electron chi connectivity index (χ2n) is 9.53. The van der Waals surface area contributed by atoms with Crippen molar-refractivity contribution in [2.45, 2.75) is 52.5 Å². The Morgan fingerprint density at radius 3 is 2.74 bits per heavy atom. The molecule has 0 fully saturated rings. The number of amides is 2. The summed E-state index contributed by atoms with van der Waals surface area (Å²) < 4.78 is 6.15. The lowest BCUT2D eigenvalue weighted by molar-refractivity contribution is -0.122. The van der Waals surface area contributed by atoms with E-state index in [0.29, 0.717) is 55.7 Å². The van der Waals surface area contributed by atoms with Gasteiger partial charge in [0.2, 0.25) is 5.91 Å². The molecule has 2 N–H and O–H groups in total. The highest BCUT2D eigenvalue weighted by atomic mass is 35.5. The van der Waals surface area contributed by atoms with E-state index in [0.717, 1.165) is 49.1 Å². The molecule has 2 aromatic carbocycles. The Morgan fingerprint density at radius 2 is 1.94 bits per heavy atom. The van der Waals surface area contributed by atoms with E-state index in [4.69, 9.17) is 16.3 Å². The molecule has 0 saturated carbocycles. The normalized spacial score (nSPS) is 15.7. The van der Waals surface area contributed by atoms with Crippen LogP contribution in [0.3, 0.4) is 0 Å². The van der Waals surface area contributed by atoms with Crippen LogP contribution in [0.1, 0.15) is 61.0 Å². The Labute approximate surface area is 214 Å². The van der Waals surface area contributed by atoms with Crippen molar-refractivity contribution in [3.8, 4) is 5.75 Å². The van der Waals surface area contributed by atoms with E-state index < -0.39 is 0 Å². The molecule has 6 nitrogen and oxygen atoms in total. The van der Waals surface area contributed by atoms with Crippen molar-refractivity contribution >= 4 is 23.4 Å². The molecule has 3 rings (SSSR count). The largest absolute Gasteiger partial charge is 0.493 e. The Balaban J connectivity index is 1.80. The summed E-state index contributed by atoms with van der Waals surface area (Å²) in [4.78, 5) is 28.0. The van der Waals surface area contributed by atoms with Crippen molar-refractivity contribution < 1.29 is 14.3 Å². The topological polar surface area (TPSA) is 70.7 Å². The van der Waals surface area contributed by atoms with Crippen molar-refractivity contribution in [3.05, 3.63) is 64.2 Å². The molecular formula is C28H38ClN3O3. The van der Waals surface area contributed by atoms with Gasteiger partial charge in [-0.15, -0.1) is 0 Å². The van der Waals surface area contributed by atoms with Gasteiger partial charge in [0.15, 0.2) is 0 Å². The first-order chi connectivity index (χ1) is 16.9. The molecule has 7 heteroatoms. The molecule has 0 aliphatic carbocycles. The number of carbonyl (C=O) groups is 2. The van der Waals surface area contributed by atoms with Crippen molar-refractivity contribution in [1.82, 2.24) is 15.5 Å². The van der Waals surface area contributed by atoms with Gasteiger partial charge < -0.3 is 15.4 Å².